The van der Waals surface area contributed by atoms with Crippen molar-refractivity contribution < 1.29 is 14.0 Å². The predicted molar refractivity (Wildman–Crippen MR) is 70.5 cm³/mol. The first-order valence-corrected chi connectivity index (χ1v) is 6.54. The highest BCUT2D eigenvalue weighted by molar-refractivity contribution is 5.95. The smallest absolute Gasteiger partial charge is 0.256 e. The van der Waals surface area contributed by atoms with E-state index in [-0.39, 0.29) is 23.3 Å². The SMILES string of the molecule is Cc1ccc(F)c(C(=O)N(C)C2CCC(=O)CC2)c1. The second kappa shape index (κ2) is 5.51. The quantitative estimate of drug-likeness (QED) is 0.822. The van der Waals surface area contributed by atoms with Gasteiger partial charge in [-0.2, -0.15) is 0 Å². The van der Waals surface area contributed by atoms with E-state index in [1.54, 1.807) is 24.1 Å². The number of Topliss-reactive ketones (excluding diaryl/α,β-unsaturated/α-hetero) is 1. The van der Waals surface area contributed by atoms with Crippen molar-refractivity contribution >= 4 is 11.7 Å². The van der Waals surface area contributed by atoms with E-state index in [0.717, 1.165) is 5.56 Å². The second-order valence-electron chi connectivity index (χ2n) is 5.17. The van der Waals surface area contributed by atoms with Gasteiger partial charge in [-0.1, -0.05) is 11.6 Å². The van der Waals surface area contributed by atoms with Crippen LogP contribution in [-0.2, 0) is 4.79 Å². The van der Waals surface area contributed by atoms with Crippen LogP contribution in [0.25, 0.3) is 0 Å². The Kier molecular flexibility index (Phi) is 3.98. The van der Waals surface area contributed by atoms with E-state index in [1.165, 1.54) is 6.07 Å². The van der Waals surface area contributed by atoms with E-state index in [9.17, 15) is 14.0 Å². The van der Waals surface area contributed by atoms with E-state index in [0.29, 0.717) is 25.7 Å². The van der Waals surface area contributed by atoms with Crippen molar-refractivity contribution in [3.63, 3.8) is 0 Å². The zero-order valence-electron chi connectivity index (χ0n) is 11.3. The summed E-state index contributed by atoms with van der Waals surface area (Å²) in [6, 6.07) is 4.57. The Bertz CT molecular complexity index is 503. The molecule has 0 atom stereocenters. The van der Waals surface area contributed by atoms with Gasteiger partial charge >= 0.3 is 0 Å². The lowest BCUT2D eigenvalue weighted by Gasteiger charge is -2.31. The van der Waals surface area contributed by atoms with Gasteiger partial charge in [0.05, 0.1) is 5.56 Å². The maximum atomic E-state index is 13.7. The highest BCUT2D eigenvalue weighted by atomic mass is 19.1. The van der Waals surface area contributed by atoms with Crippen LogP contribution in [-0.4, -0.2) is 29.7 Å². The summed E-state index contributed by atoms with van der Waals surface area (Å²) in [4.78, 5) is 25.1. The third-order valence-corrected chi connectivity index (χ3v) is 3.73. The third-order valence-electron chi connectivity index (χ3n) is 3.73. The van der Waals surface area contributed by atoms with Gasteiger partial charge < -0.3 is 4.90 Å². The molecule has 1 saturated carbocycles. The van der Waals surface area contributed by atoms with Crippen molar-refractivity contribution in [3.8, 4) is 0 Å². The fraction of sp³-hybridized carbons (Fsp3) is 0.467. The average Bonchev–Trinajstić information content (AvgIpc) is 2.41. The first-order valence-electron chi connectivity index (χ1n) is 6.54. The molecular formula is C15H18FNO2. The number of nitrogens with zero attached hydrogens (tertiary/aromatic N) is 1. The number of hydrogen-bond acceptors (Lipinski definition) is 2. The number of carbonyl (C=O) groups is 2. The van der Waals surface area contributed by atoms with Crippen LogP contribution >= 0.6 is 0 Å². The minimum Gasteiger partial charge on any atom is -0.339 e. The number of carbonyl (C=O) groups excluding carboxylic acids is 2. The summed E-state index contributed by atoms with van der Waals surface area (Å²) in [6.07, 6.45) is 2.38. The van der Waals surface area contributed by atoms with Crippen LogP contribution in [0.15, 0.2) is 18.2 Å². The molecule has 0 heterocycles. The summed E-state index contributed by atoms with van der Waals surface area (Å²) >= 11 is 0. The standard InChI is InChI=1S/C15H18FNO2/c1-10-3-8-14(16)13(9-10)15(19)17(2)11-4-6-12(18)7-5-11/h3,8-9,11H,4-7H2,1-2H3. The molecule has 0 bridgehead atoms. The second-order valence-corrected chi connectivity index (χ2v) is 5.17. The van der Waals surface area contributed by atoms with Crippen molar-refractivity contribution in [2.45, 2.75) is 38.6 Å². The Hall–Kier alpha value is -1.71. The minimum absolute atomic E-state index is 0.0325. The summed E-state index contributed by atoms with van der Waals surface area (Å²) < 4.78 is 13.7. The van der Waals surface area contributed by atoms with E-state index in [1.807, 2.05) is 6.92 Å². The van der Waals surface area contributed by atoms with Gasteiger partial charge in [0.2, 0.25) is 0 Å². The Morgan fingerprint density at radius 1 is 1.32 bits per heavy atom. The highest BCUT2D eigenvalue weighted by Crippen LogP contribution is 2.22. The zero-order valence-corrected chi connectivity index (χ0v) is 11.3. The van der Waals surface area contributed by atoms with E-state index >= 15 is 0 Å². The summed E-state index contributed by atoms with van der Waals surface area (Å²) in [5.41, 5.74) is 0.969. The first-order chi connectivity index (χ1) is 8.99. The van der Waals surface area contributed by atoms with Crippen LogP contribution in [0.5, 0.6) is 0 Å². The first kappa shape index (κ1) is 13.7. The van der Waals surface area contributed by atoms with Crippen molar-refractivity contribution in [2.75, 3.05) is 7.05 Å². The predicted octanol–water partition coefficient (Wildman–Crippen LogP) is 2.72. The van der Waals surface area contributed by atoms with E-state index in [2.05, 4.69) is 0 Å². The number of benzene rings is 1. The number of aryl methyl sites for hydroxylation is 1. The van der Waals surface area contributed by atoms with Crippen LogP contribution in [0.2, 0.25) is 0 Å². The molecule has 0 aliphatic heterocycles. The molecule has 102 valence electrons. The van der Waals surface area contributed by atoms with Crippen molar-refractivity contribution in [2.24, 2.45) is 0 Å². The normalized spacial score (nSPS) is 16.5. The fourth-order valence-electron chi connectivity index (χ4n) is 2.47. The maximum absolute atomic E-state index is 13.7. The zero-order chi connectivity index (χ0) is 14.0. The van der Waals surface area contributed by atoms with Crippen LogP contribution < -0.4 is 0 Å². The topological polar surface area (TPSA) is 37.4 Å². The molecule has 1 aliphatic carbocycles. The Labute approximate surface area is 112 Å². The third kappa shape index (κ3) is 3.00. The molecule has 0 radical (unpaired) electrons. The van der Waals surface area contributed by atoms with Gasteiger partial charge in [-0.3, -0.25) is 9.59 Å². The number of amides is 1. The molecular weight excluding hydrogens is 245 g/mol. The Morgan fingerprint density at radius 3 is 2.58 bits per heavy atom. The molecule has 0 unspecified atom stereocenters. The van der Waals surface area contributed by atoms with E-state index < -0.39 is 5.82 Å². The summed E-state index contributed by atoms with van der Waals surface area (Å²) in [5.74, 6) is -0.547. The lowest BCUT2D eigenvalue weighted by atomic mass is 9.93. The number of ketones is 1. The lowest BCUT2D eigenvalue weighted by molar-refractivity contribution is -0.121. The summed E-state index contributed by atoms with van der Waals surface area (Å²) in [5, 5.41) is 0. The van der Waals surface area contributed by atoms with Crippen molar-refractivity contribution in [3.05, 3.63) is 35.1 Å². The molecule has 1 fully saturated rings. The lowest BCUT2D eigenvalue weighted by Crippen LogP contribution is -2.39. The van der Waals surface area contributed by atoms with Gasteiger partial charge in [0.15, 0.2) is 0 Å². The van der Waals surface area contributed by atoms with Gasteiger partial charge in [-0.25, -0.2) is 4.39 Å². The summed E-state index contributed by atoms with van der Waals surface area (Å²) in [6.45, 7) is 1.83. The van der Waals surface area contributed by atoms with Gasteiger partial charge in [0.25, 0.3) is 5.91 Å². The van der Waals surface area contributed by atoms with Crippen LogP contribution in [0.4, 0.5) is 4.39 Å². The molecule has 0 aromatic heterocycles. The molecule has 0 spiro atoms. The number of halogens is 1. The van der Waals surface area contributed by atoms with Gasteiger partial charge in [0, 0.05) is 25.9 Å². The monoisotopic (exact) mass is 263 g/mol. The largest absolute Gasteiger partial charge is 0.339 e. The molecule has 1 aromatic carbocycles. The number of rotatable bonds is 2. The molecule has 2 rings (SSSR count). The Balaban J connectivity index is 2.14. The van der Waals surface area contributed by atoms with Gasteiger partial charge in [0.1, 0.15) is 11.6 Å². The molecule has 19 heavy (non-hydrogen) atoms. The van der Waals surface area contributed by atoms with Crippen LogP contribution in [0.3, 0.4) is 0 Å². The Morgan fingerprint density at radius 2 is 1.95 bits per heavy atom. The molecule has 4 heteroatoms. The maximum Gasteiger partial charge on any atom is 0.256 e. The van der Waals surface area contributed by atoms with Crippen molar-refractivity contribution in [1.29, 1.82) is 0 Å². The minimum atomic E-state index is -0.491. The highest BCUT2D eigenvalue weighted by Gasteiger charge is 2.27. The molecule has 0 saturated heterocycles. The molecule has 1 amide bonds. The molecule has 1 aliphatic rings. The molecule has 1 aromatic rings. The van der Waals surface area contributed by atoms with Gasteiger partial charge in [-0.05, 0) is 31.9 Å². The van der Waals surface area contributed by atoms with Crippen molar-refractivity contribution in [1.82, 2.24) is 4.90 Å². The van der Waals surface area contributed by atoms with E-state index in [4.69, 9.17) is 0 Å². The average molecular weight is 263 g/mol. The molecule has 3 nitrogen and oxygen atoms in total. The molecule has 0 N–H and O–H groups in total. The summed E-state index contributed by atoms with van der Waals surface area (Å²) in [7, 11) is 1.69. The van der Waals surface area contributed by atoms with Gasteiger partial charge in [-0.15, -0.1) is 0 Å². The number of hydrogen-bond donors (Lipinski definition) is 0. The van der Waals surface area contributed by atoms with Crippen LogP contribution in [0.1, 0.15) is 41.6 Å². The van der Waals surface area contributed by atoms with Crippen LogP contribution in [0, 0.1) is 12.7 Å². The fourth-order valence-corrected chi connectivity index (χ4v) is 2.47.